The van der Waals surface area contributed by atoms with Gasteiger partial charge in [0.25, 0.3) is 0 Å². The molecule has 1 aromatic carbocycles. The molecule has 1 saturated heterocycles. The smallest absolute Gasteiger partial charge is 0.244 e. The molecule has 0 saturated carbocycles. The molecule has 1 fully saturated rings. The van der Waals surface area contributed by atoms with E-state index in [1.165, 1.54) is 0 Å². The van der Waals surface area contributed by atoms with E-state index in [0.29, 0.717) is 0 Å². The van der Waals surface area contributed by atoms with Crippen LogP contribution in [0.2, 0.25) is 0 Å². The van der Waals surface area contributed by atoms with Crippen LogP contribution in [0.4, 0.5) is 5.69 Å². The second-order valence-corrected chi connectivity index (χ2v) is 4.50. The topological polar surface area (TPSA) is 41.6 Å². The van der Waals surface area contributed by atoms with E-state index in [0.717, 1.165) is 37.2 Å². The van der Waals surface area contributed by atoms with Gasteiger partial charge in [-0.05, 0) is 38.4 Å². The molecule has 5 heteroatoms. The Balaban J connectivity index is 0.00000180. The number of methoxy groups -OCH3 is 1. The Labute approximate surface area is 120 Å². The molecule has 19 heavy (non-hydrogen) atoms. The predicted molar refractivity (Wildman–Crippen MR) is 79.3 cm³/mol. The number of halogens is 1. The van der Waals surface area contributed by atoms with Gasteiger partial charge in [-0.2, -0.15) is 0 Å². The average Bonchev–Trinajstić information content (AvgIpc) is 2.60. The number of benzene rings is 1. The van der Waals surface area contributed by atoms with Gasteiger partial charge in [0.05, 0.1) is 18.8 Å². The lowest BCUT2D eigenvalue weighted by molar-refractivity contribution is -0.120. The molecule has 1 N–H and O–H groups in total. The van der Waals surface area contributed by atoms with E-state index in [2.05, 4.69) is 5.32 Å². The number of para-hydroxylation sites is 2. The van der Waals surface area contributed by atoms with Gasteiger partial charge in [0.2, 0.25) is 5.91 Å². The van der Waals surface area contributed by atoms with Crippen molar-refractivity contribution < 1.29 is 9.53 Å². The van der Waals surface area contributed by atoms with Crippen LogP contribution in [0.3, 0.4) is 0 Å². The molecule has 1 unspecified atom stereocenters. The van der Waals surface area contributed by atoms with Crippen molar-refractivity contribution in [3.05, 3.63) is 24.3 Å². The second kappa shape index (κ2) is 7.36. The van der Waals surface area contributed by atoms with Crippen LogP contribution in [-0.2, 0) is 4.79 Å². The van der Waals surface area contributed by atoms with E-state index in [9.17, 15) is 4.79 Å². The van der Waals surface area contributed by atoms with Crippen LogP contribution in [0.5, 0.6) is 5.75 Å². The van der Waals surface area contributed by atoms with E-state index >= 15 is 0 Å². The predicted octanol–water partition coefficient (Wildman–Crippen LogP) is 2.22. The van der Waals surface area contributed by atoms with Crippen LogP contribution in [0.1, 0.15) is 19.3 Å². The minimum Gasteiger partial charge on any atom is -0.495 e. The summed E-state index contributed by atoms with van der Waals surface area (Å²) >= 11 is 0. The molecule has 0 aromatic heterocycles. The normalized spacial score (nSPS) is 19.6. The molecule has 0 spiro atoms. The zero-order chi connectivity index (χ0) is 13.0. The SMILES string of the molecule is CNC1CCCCN(c2ccccc2OC)C1=O.Cl. The lowest BCUT2D eigenvalue weighted by Crippen LogP contribution is -2.44. The molecule has 0 radical (unpaired) electrons. The number of hydrogen-bond acceptors (Lipinski definition) is 3. The molecule has 0 aliphatic carbocycles. The van der Waals surface area contributed by atoms with Crippen LogP contribution < -0.4 is 15.0 Å². The fourth-order valence-corrected chi connectivity index (χ4v) is 2.40. The van der Waals surface area contributed by atoms with E-state index in [-0.39, 0.29) is 24.4 Å². The van der Waals surface area contributed by atoms with E-state index in [1.807, 2.05) is 36.2 Å². The summed E-state index contributed by atoms with van der Waals surface area (Å²) in [6, 6.07) is 7.60. The highest BCUT2D eigenvalue weighted by atomic mass is 35.5. The van der Waals surface area contributed by atoms with Gasteiger partial charge in [0.1, 0.15) is 5.75 Å². The highest BCUT2D eigenvalue weighted by molar-refractivity contribution is 5.98. The maximum absolute atomic E-state index is 12.5. The van der Waals surface area contributed by atoms with Crippen LogP contribution in [-0.4, -0.2) is 32.7 Å². The fourth-order valence-electron chi connectivity index (χ4n) is 2.40. The molecular weight excluding hydrogens is 264 g/mol. The number of hydrogen-bond donors (Lipinski definition) is 1. The van der Waals surface area contributed by atoms with Crippen molar-refractivity contribution >= 4 is 24.0 Å². The quantitative estimate of drug-likeness (QED) is 0.925. The number of carbonyl (C=O) groups excluding carboxylic acids is 1. The molecule has 1 amide bonds. The number of anilines is 1. The van der Waals surface area contributed by atoms with Crippen molar-refractivity contribution in [3.8, 4) is 5.75 Å². The first-order chi connectivity index (χ1) is 8.77. The summed E-state index contributed by atoms with van der Waals surface area (Å²) in [5.74, 6) is 0.891. The van der Waals surface area contributed by atoms with Crippen molar-refractivity contribution in [2.45, 2.75) is 25.3 Å². The maximum atomic E-state index is 12.5. The van der Waals surface area contributed by atoms with Crippen LogP contribution in [0.25, 0.3) is 0 Å². The van der Waals surface area contributed by atoms with Gasteiger partial charge in [0, 0.05) is 6.54 Å². The van der Waals surface area contributed by atoms with Crippen molar-refractivity contribution in [2.75, 3.05) is 25.6 Å². The minimum atomic E-state index is -0.0857. The van der Waals surface area contributed by atoms with Crippen molar-refractivity contribution in [2.24, 2.45) is 0 Å². The highest BCUT2D eigenvalue weighted by Crippen LogP contribution is 2.30. The number of nitrogens with one attached hydrogen (secondary N) is 1. The maximum Gasteiger partial charge on any atom is 0.244 e. The standard InChI is InChI=1S/C14H20N2O2.ClH/c1-15-11-7-5-6-10-16(14(11)17)12-8-3-4-9-13(12)18-2;/h3-4,8-9,11,15H,5-7,10H2,1-2H3;1H. The Morgan fingerprint density at radius 3 is 2.74 bits per heavy atom. The molecule has 1 heterocycles. The third-order valence-electron chi connectivity index (χ3n) is 3.41. The first-order valence-electron chi connectivity index (χ1n) is 6.39. The number of carbonyl (C=O) groups is 1. The Morgan fingerprint density at radius 1 is 1.32 bits per heavy atom. The first kappa shape index (κ1) is 15.8. The van der Waals surface area contributed by atoms with Crippen LogP contribution in [0.15, 0.2) is 24.3 Å². The molecule has 1 atom stereocenters. The van der Waals surface area contributed by atoms with Gasteiger partial charge in [-0.3, -0.25) is 4.79 Å². The Morgan fingerprint density at radius 2 is 2.05 bits per heavy atom. The van der Waals surface area contributed by atoms with Gasteiger partial charge in [0.15, 0.2) is 0 Å². The summed E-state index contributed by atoms with van der Waals surface area (Å²) in [4.78, 5) is 14.3. The van der Waals surface area contributed by atoms with E-state index < -0.39 is 0 Å². The molecule has 1 aliphatic heterocycles. The number of amides is 1. The zero-order valence-corrected chi connectivity index (χ0v) is 12.2. The summed E-state index contributed by atoms with van der Waals surface area (Å²) in [5.41, 5.74) is 0.868. The van der Waals surface area contributed by atoms with Crippen molar-refractivity contribution in [1.82, 2.24) is 5.32 Å². The van der Waals surface area contributed by atoms with Gasteiger partial charge >= 0.3 is 0 Å². The van der Waals surface area contributed by atoms with Crippen LogP contribution in [0, 0.1) is 0 Å². The summed E-state index contributed by atoms with van der Waals surface area (Å²) in [6.07, 6.45) is 3.01. The molecule has 106 valence electrons. The number of nitrogens with zero attached hydrogens (tertiary/aromatic N) is 1. The van der Waals surface area contributed by atoms with E-state index in [1.54, 1.807) is 7.11 Å². The molecule has 0 bridgehead atoms. The highest BCUT2D eigenvalue weighted by Gasteiger charge is 2.28. The summed E-state index contributed by atoms with van der Waals surface area (Å²) in [7, 11) is 3.48. The summed E-state index contributed by atoms with van der Waals surface area (Å²) in [6.45, 7) is 0.761. The third-order valence-corrected chi connectivity index (χ3v) is 3.41. The number of likely N-dealkylation sites (N-methyl/N-ethyl adjacent to an activating group) is 1. The molecule has 4 nitrogen and oxygen atoms in total. The zero-order valence-electron chi connectivity index (χ0n) is 11.4. The van der Waals surface area contributed by atoms with Crippen molar-refractivity contribution in [1.29, 1.82) is 0 Å². The lowest BCUT2D eigenvalue weighted by Gasteiger charge is -2.25. The summed E-state index contributed by atoms with van der Waals surface area (Å²) < 4.78 is 5.34. The van der Waals surface area contributed by atoms with Gasteiger partial charge in [-0.1, -0.05) is 12.1 Å². The molecule has 2 rings (SSSR count). The van der Waals surface area contributed by atoms with Crippen LogP contribution >= 0.6 is 12.4 Å². The fraction of sp³-hybridized carbons (Fsp3) is 0.500. The monoisotopic (exact) mass is 284 g/mol. The van der Waals surface area contributed by atoms with Crippen molar-refractivity contribution in [3.63, 3.8) is 0 Å². The Bertz CT molecular complexity index is 426. The Hall–Kier alpha value is -1.26. The van der Waals surface area contributed by atoms with E-state index in [4.69, 9.17) is 4.74 Å². The average molecular weight is 285 g/mol. The largest absolute Gasteiger partial charge is 0.495 e. The first-order valence-corrected chi connectivity index (χ1v) is 6.39. The molecular formula is C14H21ClN2O2. The number of ether oxygens (including phenoxy) is 1. The Kier molecular flexibility index (Phi) is 6.12. The minimum absolute atomic E-state index is 0. The molecule has 1 aliphatic rings. The third kappa shape index (κ3) is 3.39. The van der Waals surface area contributed by atoms with Gasteiger partial charge < -0.3 is 15.0 Å². The molecule has 1 aromatic rings. The summed E-state index contributed by atoms with van der Waals surface area (Å²) in [5, 5.41) is 3.10. The van der Waals surface area contributed by atoms with Gasteiger partial charge in [-0.15, -0.1) is 12.4 Å². The second-order valence-electron chi connectivity index (χ2n) is 4.50. The lowest BCUT2D eigenvalue weighted by atomic mass is 10.1. The van der Waals surface area contributed by atoms with Gasteiger partial charge in [-0.25, -0.2) is 0 Å². The number of rotatable bonds is 3.